The van der Waals surface area contributed by atoms with E-state index in [1.54, 1.807) is 13.8 Å². The number of ketones is 1. The zero-order chi connectivity index (χ0) is 25.3. The van der Waals surface area contributed by atoms with Crippen molar-refractivity contribution in [3.05, 3.63) is 67.2 Å². The standard InChI is InChI=1S/C22H18Cl2N2O8/c1-10(2)19(25-20(28)12-7-14(23)15(24)8-13(12)21(25)29)22(30)34-9-17(27)11-4-5-18(33-3)16(6-11)26(31)32/h4-8,10,19H,9H2,1-3H3/t19-/m1/s1. The Morgan fingerprint density at radius 1 is 1.06 bits per heavy atom. The summed E-state index contributed by atoms with van der Waals surface area (Å²) in [6.07, 6.45) is 0. The van der Waals surface area contributed by atoms with Crippen molar-refractivity contribution in [1.82, 2.24) is 4.90 Å². The van der Waals surface area contributed by atoms with Gasteiger partial charge in [-0.1, -0.05) is 37.0 Å². The lowest BCUT2D eigenvalue weighted by molar-refractivity contribution is -0.385. The molecule has 1 atom stereocenters. The number of nitro benzene ring substituents is 1. The summed E-state index contributed by atoms with van der Waals surface area (Å²) >= 11 is 11.9. The summed E-state index contributed by atoms with van der Waals surface area (Å²) in [5.74, 6) is -3.79. The number of hydrogen-bond donors (Lipinski definition) is 0. The van der Waals surface area contributed by atoms with Gasteiger partial charge in [0.1, 0.15) is 6.04 Å². The molecule has 3 rings (SSSR count). The molecule has 2 aromatic carbocycles. The minimum atomic E-state index is -1.33. The van der Waals surface area contributed by atoms with Crippen LogP contribution in [0.1, 0.15) is 44.9 Å². The number of benzene rings is 2. The van der Waals surface area contributed by atoms with Gasteiger partial charge in [-0.15, -0.1) is 0 Å². The highest BCUT2D eigenvalue weighted by atomic mass is 35.5. The average Bonchev–Trinajstić information content (AvgIpc) is 3.01. The third-order valence-electron chi connectivity index (χ3n) is 5.15. The van der Waals surface area contributed by atoms with Crippen LogP contribution >= 0.6 is 23.2 Å². The van der Waals surface area contributed by atoms with E-state index in [2.05, 4.69) is 0 Å². The second kappa shape index (κ2) is 9.78. The largest absolute Gasteiger partial charge is 0.490 e. The molecule has 2 amide bonds. The molecular weight excluding hydrogens is 491 g/mol. The Morgan fingerprint density at radius 3 is 2.09 bits per heavy atom. The molecule has 0 aromatic heterocycles. The molecule has 34 heavy (non-hydrogen) atoms. The molecule has 0 aliphatic carbocycles. The van der Waals surface area contributed by atoms with Gasteiger partial charge in [0.25, 0.3) is 11.8 Å². The number of Topliss-reactive ketones (excluding diaryl/α,β-unsaturated/α-hetero) is 1. The molecule has 1 heterocycles. The Bertz CT molecular complexity index is 1190. The fourth-order valence-corrected chi connectivity index (χ4v) is 3.82. The minimum Gasteiger partial charge on any atom is -0.490 e. The molecule has 178 valence electrons. The van der Waals surface area contributed by atoms with Gasteiger partial charge < -0.3 is 9.47 Å². The van der Waals surface area contributed by atoms with Crippen molar-refractivity contribution in [2.24, 2.45) is 5.92 Å². The maximum atomic E-state index is 12.9. The number of nitrogens with zero attached hydrogens (tertiary/aromatic N) is 2. The summed E-state index contributed by atoms with van der Waals surface area (Å²) in [6, 6.07) is 4.72. The fourth-order valence-electron chi connectivity index (χ4n) is 3.49. The van der Waals surface area contributed by atoms with Crippen LogP contribution in [0.2, 0.25) is 10.0 Å². The maximum Gasteiger partial charge on any atom is 0.330 e. The molecule has 0 spiro atoms. The normalized spacial score (nSPS) is 13.6. The highest BCUT2D eigenvalue weighted by Gasteiger charge is 2.45. The second-order valence-electron chi connectivity index (χ2n) is 7.66. The van der Waals surface area contributed by atoms with E-state index in [1.165, 1.54) is 31.4 Å². The summed E-state index contributed by atoms with van der Waals surface area (Å²) in [7, 11) is 1.25. The molecule has 2 aromatic rings. The number of halogens is 2. The predicted octanol–water partition coefficient (Wildman–Crippen LogP) is 3.96. The number of fused-ring (bicyclic) bond motifs is 1. The number of esters is 1. The maximum absolute atomic E-state index is 12.9. The number of ether oxygens (including phenoxy) is 2. The summed E-state index contributed by atoms with van der Waals surface area (Å²) in [6.45, 7) is 2.44. The number of nitro groups is 1. The van der Waals surface area contributed by atoms with Crippen LogP contribution in [0.3, 0.4) is 0 Å². The SMILES string of the molecule is COc1ccc(C(=O)COC(=O)[C@@H](C(C)C)N2C(=O)c3cc(Cl)c(Cl)cc3C2=O)cc1[N+](=O)[O-]. The second-order valence-corrected chi connectivity index (χ2v) is 8.47. The Balaban J connectivity index is 1.80. The van der Waals surface area contributed by atoms with Gasteiger partial charge in [0.15, 0.2) is 12.4 Å². The van der Waals surface area contributed by atoms with Crippen LogP contribution in [0, 0.1) is 16.0 Å². The van der Waals surface area contributed by atoms with Crippen LogP contribution < -0.4 is 4.74 Å². The van der Waals surface area contributed by atoms with Gasteiger partial charge in [-0.05, 0) is 30.2 Å². The molecule has 0 saturated heterocycles. The monoisotopic (exact) mass is 508 g/mol. The van der Waals surface area contributed by atoms with E-state index in [0.717, 1.165) is 11.0 Å². The van der Waals surface area contributed by atoms with E-state index < -0.39 is 52.7 Å². The van der Waals surface area contributed by atoms with E-state index >= 15 is 0 Å². The zero-order valence-electron chi connectivity index (χ0n) is 18.2. The lowest BCUT2D eigenvalue weighted by Crippen LogP contribution is -2.49. The molecule has 0 saturated carbocycles. The molecule has 0 N–H and O–H groups in total. The smallest absolute Gasteiger partial charge is 0.330 e. The molecule has 1 aliphatic rings. The lowest BCUT2D eigenvalue weighted by Gasteiger charge is -2.27. The average molecular weight is 509 g/mol. The first-order valence-corrected chi connectivity index (χ1v) is 10.6. The van der Waals surface area contributed by atoms with E-state index in [4.69, 9.17) is 32.7 Å². The number of hydrogen-bond acceptors (Lipinski definition) is 8. The van der Waals surface area contributed by atoms with Gasteiger partial charge in [-0.25, -0.2) is 4.79 Å². The first-order valence-electron chi connectivity index (χ1n) is 9.87. The third kappa shape index (κ3) is 4.59. The Kier molecular flexibility index (Phi) is 7.23. The molecule has 0 unspecified atom stereocenters. The van der Waals surface area contributed by atoms with Gasteiger partial charge in [0.2, 0.25) is 5.78 Å². The van der Waals surface area contributed by atoms with Crippen molar-refractivity contribution in [2.45, 2.75) is 19.9 Å². The summed E-state index contributed by atoms with van der Waals surface area (Å²) in [5.41, 5.74) is -0.506. The number of imide groups is 1. The van der Waals surface area contributed by atoms with Gasteiger partial charge in [0, 0.05) is 11.6 Å². The van der Waals surface area contributed by atoms with Crippen molar-refractivity contribution in [2.75, 3.05) is 13.7 Å². The van der Waals surface area contributed by atoms with Crippen LogP contribution in [0.15, 0.2) is 30.3 Å². The molecular formula is C22H18Cl2N2O8. The van der Waals surface area contributed by atoms with Crippen LogP contribution in [0.25, 0.3) is 0 Å². The quantitative estimate of drug-likeness (QED) is 0.172. The Labute approximate surface area is 203 Å². The topological polar surface area (TPSA) is 133 Å². The number of carbonyl (C=O) groups is 4. The Morgan fingerprint density at radius 2 is 1.62 bits per heavy atom. The molecule has 1 aliphatic heterocycles. The summed E-state index contributed by atoms with van der Waals surface area (Å²) < 4.78 is 10.00. The van der Waals surface area contributed by atoms with E-state index in [1.807, 2.05) is 0 Å². The number of methoxy groups -OCH3 is 1. The highest BCUT2D eigenvalue weighted by molar-refractivity contribution is 6.43. The lowest BCUT2D eigenvalue weighted by atomic mass is 10.0. The van der Waals surface area contributed by atoms with E-state index in [0.29, 0.717) is 0 Å². The summed E-state index contributed by atoms with van der Waals surface area (Å²) in [4.78, 5) is 62.4. The predicted molar refractivity (Wildman–Crippen MR) is 121 cm³/mol. The number of rotatable bonds is 8. The van der Waals surface area contributed by atoms with E-state index in [-0.39, 0.29) is 32.5 Å². The molecule has 0 radical (unpaired) electrons. The molecule has 0 fully saturated rings. The van der Waals surface area contributed by atoms with Crippen LogP contribution in [0.5, 0.6) is 5.75 Å². The molecule has 0 bridgehead atoms. The fraction of sp³-hybridized carbons (Fsp3) is 0.273. The van der Waals surface area contributed by atoms with Crippen molar-refractivity contribution in [3.63, 3.8) is 0 Å². The zero-order valence-corrected chi connectivity index (χ0v) is 19.7. The molecule has 10 nitrogen and oxygen atoms in total. The van der Waals surface area contributed by atoms with E-state index in [9.17, 15) is 29.3 Å². The van der Waals surface area contributed by atoms with Crippen molar-refractivity contribution in [1.29, 1.82) is 0 Å². The highest BCUT2D eigenvalue weighted by Crippen LogP contribution is 2.34. The number of amides is 2. The van der Waals surface area contributed by atoms with Gasteiger partial charge >= 0.3 is 11.7 Å². The van der Waals surface area contributed by atoms with Crippen LogP contribution in [-0.2, 0) is 9.53 Å². The Hall–Kier alpha value is -3.50. The number of carbonyl (C=O) groups excluding carboxylic acids is 4. The van der Waals surface area contributed by atoms with Gasteiger partial charge in [-0.2, -0.15) is 0 Å². The molecule has 12 heteroatoms. The van der Waals surface area contributed by atoms with Gasteiger partial charge in [-0.3, -0.25) is 29.4 Å². The first kappa shape index (κ1) is 25.1. The summed E-state index contributed by atoms with van der Waals surface area (Å²) in [5, 5.41) is 11.3. The first-order chi connectivity index (χ1) is 16.0. The minimum absolute atomic E-state index is 0.000492. The third-order valence-corrected chi connectivity index (χ3v) is 5.88. The van der Waals surface area contributed by atoms with Crippen molar-refractivity contribution >= 4 is 52.5 Å². The van der Waals surface area contributed by atoms with Crippen LogP contribution in [-0.4, -0.2) is 53.1 Å². The van der Waals surface area contributed by atoms with Crippen molar-refractivity contribution in [3.8, 4) is 5.75 Å². The van der Waals surface area contributed by atoms with Crippen LogP contribution in [0.4, 0.5) is 5.69 Å². The van der Waals surface area contributed by atoms with Gasteiger partial charge in [0.05, 0.1) is 33.2 Å². The van der Waals surface area contributed by atoms with Crippen molar-refractivity contribution < 1.29 is 33.6 Å².